The number of cyclic esters (lactones) is 1. The Labute approximate surface area is 166 Å². The number of ether oxygens (including phenoxy) is 1. The summed E-state index contributed by atoms with van der Waals surface area (Å²) in [5, 5.41) is 0. The van der Waals surface area contributed by atoms with E-state index in [-0.39, 0.29) is 17.3 Å². The van der Waals surface area contributed by atoms with E-state index in [0.29, 0.717) is 30.3 Å². The number of hydrogen-bond donors (Lipinski definition) is 0. The lowest BCUT2D eigenvalue weighted by Crippen LogP contribution is -2.65. The van der Waals surface area contributed by atoms with Crippen molar-refractivity contribution in [2.75, 3.05) is 19.7 Å². The predicted molar refractivity (Wildman–Crippen MR) is 105 cm³/mol. The maximum absolute atomic E-state index is 12.8. The first kappa shape index (κ1) is 17.1. The van der Waals surface area contributed by atoms with Crippen molar-refractivity contribution >= 4 is 11.9 Å². The molecule has 0 N–H and O–H groups in total. The van der Waals surface area contributed by atoms with Crippen molar-refractivity contribution in [1.82, 2.24) is 4.90 Å². The van der Waals surface area contributed by atoms with Gasteiger partial charge in [0, 0.05) is 29.8 Å². The van der Waals surface area contributed by atoms with Crippen molar-refractivity contribution < 1.29 is 14.3 Å². The van der Waals surface area contributed by atoms with Gasteiger partial charge in [0.2, 0.25) is 5.91 Å². The molecule has 0 radical (unpaired) electrons. The van der Waals surface area contributed by atoms with E-state index in [1.54, 1.807) is 5.56 Å². The number of benzene rings is 1. The summed E-state index contributed by atoms with van der Waals surface area (Å²) < 4.78 is 5.12. The molecule has 0 atom stereocenters. The van der Waals surface area contributed by atoms with Gasteiger partial charge >= 0.3 is 5.97 Å². The zero-order valence-corrected chi connectivity index (χ0v) is 16.5. The number of hydrogen-bond acceptors (Lipinski definition) is 3. The Hall–Kier alpha value is -1.84. The van der Waals surface area contributed by atoms with Gasteiger partial charge in [0.05, 0.1) is 13.0 Å². The molecule has 6 rings (SSSR count). The van der Waals surface area contributed by atoms with E-state index in [0.717, 1.165) is 31.8 Å². The SMILES string of the molecule is O=C1CC2(CO1)CC(C(=O)N1CC3(CC(c4cccc(C5CCC5)c4)C3)C1)C2. The highest BCUT2D eigenvalue weighted by atomic mass is 16.5. The highest BCUT2D eigenvalue weighted by Crippen LogP contribution is 2.58. The highest BCUT2D eigenvalue weighted by molar-refractivity contribution is 5.82. The molecule has 1 amide bonds. The first-order valence-electron chi connectivity index (χ1n) is 11.1. The minimum Gasteiger partial charge on any atom is -0.465 e. The first-order valence-corrected chi connectivity index (χ1v) is 11.1. The summed E-state index contributed by atoms with van der Waals surface area (Å²) in [6.45, 7) is 2.42. The van der Waals surface area contributed by atoms with E-state index in [9.17, 15) is 9.59 Å². The lowest BCUT2D eigenvalue weighted by atomic mass is 9.55. The molecule has 2 aliphatic heterocycles. The van der Waals surface area contributed by atoms with Crippen molar-refractivity contribution in [3.63, 3.8) is 0 Å². The van der Waals surface area contributed by atoms with Gasteiger partial charge in [-0.3, -0.25) is 9.59 Å². The molecule has 2 saturated heterocycles. The fourth-order valence-corrected chi connectivity index (χ4v) is 6.53. The molecule has 3 aliphatic carbocycles. The quantitative estimate of drug-likeness (QED) is 0.746. The van der Waals surface area contributed by atoms with Crippen LogP contribution in [-0.4, -0.2) is 36.5 Å². The molecule has 4 heteroatoms. The maximum atomic E-state index is 12.8. The number of carbonyl (C=O) groups excluding carboxylic acids is 2. The van der Waals surface area contributed by atoms with E-state index in [2.05, 4.69) is 29.2 Å². The van der Waals surface area contributed by atoms with Gasteiger partial charge in [-0.2, -0.15) is 0 Å². The molecule has 0 unspecified atom stereocenters. The third-order valence-electron chi connectivity index (χ3n) is 8.45. The second-order valence-corrected chi connectivity index (χ2v) is 10.5. The van der Waals surface area contributed by atoms with Crippen LogP contribution in [0.2, 0.25) is 0 Å². The third kappa shape index (κ3) is 2.56. The van der Waals surface area contributed by atoms with E-state index in [1.165, 1.54) is 37.7 Å². The van der Waals surface area contributed by atoms with Gasteiger partial charge < -0.3 is 9.64 Å². The van der Waals surface area contributed by atoms with Gasteiger partial charge in [-0.15, -0.1) is 0 Å². The van der Waals surface area contributed by atoms with E-state index in [1.807, 2.05) is 0 Å². The van der Waals surface area contributed by atoms with Crippen LogP contribution in [0.4, 0.5) is 0 Å². The zero-order valence-electron chi connectivity index (χ0n) is 16.5. The van der Waals surface area contributed by atoms with Crippen LogP contribution in [0.1, 0.15) is 74.3 Å². The molecule has 5 aliphatic rings. The van der Waals surface area contributed by atoms with E-state index < -0.39 is 0 Å². The molecule has 2 heterocycles. The Morgan fingerprint density at radius 3 is 2.32 bits per heavy atom. The molecule has 0 bridgehead atoms. The summed E-state index contributed by atoms with van der Waals surface area (Å²) in [6, 6.07) is 9.32. The fraction of sp³-hybridized carbons (Fsp3) is 0.667. The number of amides is 1. The Morgan fingerprint density at radius 1 is 1.00 bits per heavy atom. The Balaban J connectivity index is 1.01. The normalized spacial score (nSPS) is 28.4. The average molecular weight is 380 g/mol. The average Bonchev–Trinajstić information content (AvgIpc) is 2.92. The van der Waals surface area contributed by atoms with Crippen LogP contribution in [0.5, 0.6) is 0 Å². The van der Waals surface area contributed by atoms with Gasteiger partial charge in [0.25, 0.3) is 0 Å². The van der Waals surface area contributed by atoms with Gasteiger partial charge in [0.15, 0.2) is 0 Å². The van der Waals surface area contributed by atoms with Crippen molar-refractivity contribution in [3.8, 4) is 0 Å². The van der Waals surface area contributed by atoms with Crippen molar-refractivity contribution in [1.29, 1.82) is 0 Å². The topological polar surface area (TPSA) is 46.6 Å². The van der Waals surface area contributed by atoms with E-state index in [4.69, 9.17) is 4.74 Å². The van der Waals surface area contributed by atoms with Crippen molar-refractivity contribution in [2.24, 2.45) is 16.7 Å². The molecule has 3 saturated carbocycles. The number of rotatable bonds is 3. The molecule has 0 aromatic heterocycles. The van der Waals surface area contributed by atoms with Crippen LogP contribution in [0.25, 0.3) is 0 Å². The molecule has 1 aromatic rings. The largest absolute Gasteiger partial charge is 0.465 e. The summed E-state index contributed by atoms with van der Waals surface area (Å²) in [5.41, 5.74) is 3.45. The summed E-state index contributed by atoms with van der Waals surface area (Å²) in [5.74, 6) is 1.85. The van der Waals surface area contributed by atoms with Crippen LogP contribution in [0.15, 0.2) is 24.3 Å². The molecule has 148 valence electrons. The number of carbonyl (C=O) groups is 2. The fourth-order valence-electron chi connectivity index (χ4n) is 6.53. The minimum absolute atomic E-state index is 0.00696. The Kier molecular flexibility index (Phi) is 3.56. The van der Waals surface area contributed by atoms with Crippen LogP contribution in [0.3, 0.4) is 0 Å². The van der Waals surface area contributed by atoms with Gasteiger partial charge in [0.1, 0.15) is 0 Å². The number of likely N-dealkylation sites (tertiary alicyclic amines) is 1. The van der Waals surface area contributed by atoms with Crippen LogP contribution < -0.4 is 0 Å². The Morgan fingerprint density at radius 2 is 1.71 bits per heavy atom. The summed E-state index contributed by atoms with van der Waals surface area (Å²) in [4.78, 5) is 26.2. The summed E-state index contributed by atoms with van der Waals surface area (Å²) >= 11 is 0. The first-order chi connectivity index (χ1) is 13.5. The van der Waals surface area contributed by atoms with Gasteiger partial charge in [-0.1, -0.05) is 30.7 Å². The number of esters is 1. The van der Waals surface area contributed by atoms with Crippen molar-refractivity contribution in [3.05, 3.63) is 35.4 Å². The zero-order chi connectivity index (χ0) is 18.9. The van der Waals surface area contributed by atoms with Crippen LogP contribution in [0, 0.1) is 16.7 Å². The molecule has 1 aromatic carbocycles. The van der Waals surface area contributed by atoms with Crippen LogP contribution in [-0.2, 0) is 14.3 Å². The van der Waals surface area contributed by atoms with Gasteiger partial charge in [-0.25, -0.2) is 0 Å². The molecular weight excluding hydrogens is 350 g/mol. The summed E-state index contributed by atoms with van der Waals surface area (Å²) in [7, 11) is 0. The highest BCUT2D eigenvalue weighted by Gasteiger charge is 2.58. The van der Waals surface area contributed by atoms with Crippen molar-refractivity contribution in [2.45, 2.75) is 63.2 Å². The lowest BCUT2D eigenvalue weighted by molar-refractivity contribution is -0.163. The van der Waals surface area contributed by atoms with Crippen LogP contribution >= 0.6 is 0 Å². The molecule has 28 heavy (non-hydrogen) atoms. The second kappa shape index (κ2) is 5.84. The molecule has 4 nitrogen and oxygen atoms in total. The predicted octanol–water partition coefficient (Wildman–Crippen LogP) is 4.00. The Bertz CT molecular complexity index is 822. The number of nitrogens with zero attached hydrogens (tertiary/aromatic N) is 1. The van der Waals surface area contributed by atoms with Gasteiger partial charge in [-0.05, 0) is 61.5 Å². The monoisotopic (exact) mass is 379 g/mol. The second-order valence-electron chi connectivity index (χ2n) is 10.5. The summed E-state index contributed by atoms with van der Waals surface area (Å²) in [6.07, 6.45) is 8.79. The smallest absolute Gasteiger partial charge is 0.306 e. The maximum Gasteiger partial charge on any atom is 0.306 e. The lowest BCUT2D eigenvalue weighted by Gasteiger charge is -2.60. The standard InChI is InChI=1S/C24H29NO3/c26-21-12-23(15-28-21)10-20(11-23)22(27)25-13-24(14-25)8-19(9-24)18-6-2-5-17(7-18)16-3-1-4-16/h2,5-7,16,19-20H,1,3-4,8-15H2. The molecule has 5 fully saturated rings. The third-order valence-corrected chi connectivity index (χ3v) is 8.45. The molecular formula is C24H29NO3. The minimum atomic E-state index is -0.0873. The van der Waals surface area contributed by atoms with E-state index >= 15 is 0 Å². The molecule has 2 spiro atoms.